The van der Waals surface area contributed by atoms with Gasteiger partial charge in [-0.25, -0.2) is 8.78 Å². The molecule has 0 amide bonds. The maximum atomic E-state index is 14.0. The van der Waals surface area contributed by atoms with Crippen LogP contribution in [0.5, 0.6) is 0 Å². The van der Waals surface area contributed by atoms with Crippen LogP contribution in [0.3, 0.4) is 0 Å². The zero-order valence-electron chi connectivity index (χ0n) is 10.9. The number of hydrogen-bond donors (Lipinski definition) is 0. The minimum absolute atomic E-state index is 0.138. The monoisotopic (exact) mass is 337 g/mol. The van der Waals surface area contributed by atoms with Crippen molar-refractivity contribution < 1.29 is 8.78 Å². The lowest BCUT2D eigenvalue weighted by Gasteiger charge is -2.29. The first-order chi connectivity index (χ1) is 9.65. The van der Waals surface area contributed by atoms with E-state index in [-0.39, 0.29) is 5.56 Å². The Hall–Kier alpha value is -1.26. The molecule has 0 spiro atoms. The van der Waals surface area contributed by atoms with Gasteiger partial charge < -0.3 is 0 Å². The first-order valence-corrected chi connectivity index (χ1v) is 7.36. The molecule has 0 aromatic heterocycles. The third kappa shape index (κ3) is 2.63. The highest BCUT2D eigenvalue weighted by atomic mass is 79.9. The number of halogens is 3. The summed E-state index contributed by atoms with van der Waals surface area (Å²) in [6.07, 6.45) is 0.924. The van der Waals surface area contributed by atoms with E-state index in [4.69, 9.17) is 0 Å². The molecule has 3 rings (SSSR count). The second-order valence-electron chi connectivity index (χ2n) is 5.05. The van der Waals surface area contributed by atoms with Crippen LogP contribution in [0.15, 0.2) is 40.9 Å². The number of rotatable bonds is 2. The normalized spacial score (nSPS) is 15.2. The summed E-state index contributed by atoms with van der Waals surface area (Å²) >= 11 is 3.11. The van der Waals surface area contributed by atoms with Gasteiger partial charge in [-0.3, -0.25) is 4.90 Å². The number of fused-ring (bicyclic) bond motifs is 1. The van der Waals surface area contributed by atoms with Crippen molar-refractivity contribution in [3.05, 3.63) is 69.2 Å². The summed E-state index contributed by atoms with van der Waals surface area (Å²) in [5, 5.41) is 0. The van der Waals surface area contributed by atoms with Crippen LogP contribution in [0.1, 0.15) is 16.7 Å². The van der Waals surface area contributed by atoms with E-state index in [1.165, 1.54) is 23.3 Å². The maximum absolute atomic E-state index is 14.0. The molecule has 0 fully saturated rings. The van der Waals surface area contributed by atoms with Crippen LogP contribution in [0.25, 0.3) is 0 Å². The van der Waals surface area contributed by atoms with Gasteiger partial charge in [0.1, 0.15) is 11.6 Å². The SMILES string of the molecule is Fc1ccc(Br)c(F)c1CN1CCc2ccccc2C1. The van der Waals surface area contributed by atoms with E-state index < -0.39 is 11.6 Å². The second kappa shape index (κ2) is 5.62. The fourth-order valence-electron chi connectivity index (χ4n) is 2.63. The largest absolute Gasteiger partial charge is 0.294 e. The predicted molar refractivity (Wildman–Crippen MR) is 78.3 cm³/mol. The molecule has 2 aromatic carbocycles. The Morgan fingerprint density at radius 1 is 1.05 bits per heavy atom. The second-order valence-corrected chi connectivity index (χ2v) is 5.91. The maximum Gasteiger partial charge on any atom is 0.144 e. The van der Waals surface area contributed by atoms with E-state index in [0.717, 1.165) is 19.5 Å². The Bertz CT molecular complexity index is 642. The van der Waals surface area contributed by atoms with Gasteiger partial charge in [0.05, 0.1) is 4.47 Å². The zero-order chi connectivity index (χ0) is 14.1. The fraction of sp³-hybridized carbons (Fsp3) is 0.250. The lowest BCUT2D eigenvalue weighted by Crippen LogP contribution is -2.30. The van der Waals surface area contributed by atoms with E-state index in [9.17, 15) is 8.78 Å². The molecule has 0 radical (unpaired) electrons. The molecule has 0 saturated heterocycles. The highest BCUT2D eigenvalue weighted by molar-refractivity contribution is 9.10. The molecule has 1 heterocycles. The molecule has 1 nitrogen and oxygen atoms in total. The average Bonchev–Trinajstić information content (AvgIpc) is 2.47. The van der Waals surface area contributed by atoms with Crippen LogP contribution in [0, 0.1) is 11.6 Å². The minimum atomic E-state index is -0.496. The van der Waals surface area contributed by atoms with Gasteiger partial charge in [0.25, 0.3) is 0 Å². The van der Waals surface area contributed by atoms with Crippen molar-refractivity contribution in [2.75, 3.05) is 6.54 Å². The van der Waals surface area contributed by atoms with Gasteiger partial charge in [0.15, 0.2) is 0 Å². The fourth-order valence-corrected chi connectivity index (χ4v) is 3.00. The summed E-state index contributed by atoms with van der Waals surface area (Å²) < 4.78 is 28.1. The summed E-state index contributed by atoms with van der Waals surface area (Å²) in [7, 11) is 0. The van der Waals surface area contributed by atoms with Gasteiger partial charge >= 0.3 is 0 Å². The van der Waals surface area contributed by atoms with Gasteiger partial charge in [0.2, 0.25) is 0 Å². The standard InChI is InChI=1S/C16H14BrF2N/c17-14-5-6-15(18)13(16(14)19)10-20-8-7-11-3-1-2-4-12(11)9-20/h1-6H,7-10H2. The Labute approximate surface area is 125 Å². The molecule has 1 aliphatic rings. The van der Waals surface area contributed by atoms with Gasteiger partial charge in [-0.05, 0) is 45.6 Å². The topological polar surface area (TPSA) is 3.24 Å². The van der Waals surface area contributed by atoms with E-state index in [1.807, 2.05) is 12.1 Å². The van der Waals surface area contributed by atoms with Crippen molar-refractivity contribution >= 4 is 15.9 Å². The van der Waals surface area contributed by atoms with Crippen molar-refractivity contribution in [3.8, 4) is 0 Å². The molecule has 0 N–H and O–H groups in total. The van der Waals surface area contributed by atoms with Gasteiger partial charge in [-0.15, -0.1) is 0 Å². The van der Waals surface area contributed by atoms with Gasteiger partial charge in [-0.2, -0.15) is 0 Å². The number of nitrogens with zero attached hydrogens (tertiary/aromatic N) is 1. The molecule has 0 saturated carbocycles. The number of hydrogen-bond acceptors (Lipinski definition) is 1. The van der Waals surface area contributed by atoms with Gasteiger partial charge in [0, 0.05) is 25.2 Å². The number of benzene rings is 2. The third-order valence-electron chi connectivity index (χ3n) is 3.73. The minimum Gasteiger partial charge on any atom is -0.294 e. The molecule has 4 heteroatoms. The quantitative estimate of drug-likeness (QED) is 0.739. The van der Waals surface area contributed by atoms with Crippen LogP contribution in [0.4, 0.5) is 8.78 Å². The Morgan fingerprint density at radius 3 is 2.60 bits per heavy atom. The summed E-state index contributed by atoms with van der Waals surface area (Å²) in [5.41, 5.74) is 2.72. The van der Waals surface area contributed by atoms with Crippen molar-refractivity contribution in [1.82, 2.24) is 4.90 Å². The summed E-state index contributed by atoms with van der Waals surface area (Å²) in [5.74, 6) is -0.978. The zero-order valence-corrected chi connectivity index (χ0v) is 12.5. The Morgan fingerprint density at radius 2 is 1.80 bits per heavy atom. The van der Waals surface area contributed by atoms with Crippen LogP contribution >= 0.6 is 15.9 Å². The molecular formula is C16H14BrF2N. The molecule has 0 bridgehead atoms. The van der Waals surface area contributed by atoms with Crippen molar-refractivity contribution in [2.45, 2.75) is 19.5 Å². The smallest absolute Gasteiger partial charge is 0.144 e. The molecule has 20 heavy (non-hydrogen) atoms. The van der Waals surface area contributed by atoms with Crippen molar-refractivity contribution in [2.24, 2.45) is 0 Å². The molecule has 0 unspecified atom stereocenters. The molecular weight excluding hydrogens is 324 g/mol. The first-order valence-electron chi connectivity index (χ1n) is 6.56. The Balaban J connectivity index is 1.82. The van der Waals surface area contributed by atoms with Crippen molar-refractivity contribution in [1.29, 1.82) is 0 Å². The van der Waals surface area contributed by atoms with Gasteiger partial charge in [-0.1, -0.05) is 24.3 Å². The summed E-state index contributed by atoms with van der Waals surface area (Å²) in [4.78, 5) is 2.08. The lowest BCUT2D eigenvalue weighted by molar-refractivity contribution is 0.238. The highest BCUT2D eigenvalue weighted by Crippen LogP contribution is 2.25. The van der Waals surface area contributed by atoms with Crippen LogP contribution < -0.4 is 0 Å². The van der Waals surface area contributed by atoms with Crippen LogP contribution in [0.2, 0.25) is 0 Å². The highest BCUT2D eigenvalue weighted by Gasteiger charge is 2.20. The van der Waals surface area contributed by atoms with Crippen molar-refractivity contribution in [3.63, 3.8) is 0 Å². The Kier molecular flexibility index (Phi) is 3.85. The third-order valence-corrected chi connectivity index (χ3v) is 4.34. The van der Waals surface area contributed by atoms with E-state index in [2.05, 4.69) is 33.0 Å². The molecule has 104 valence electrons. The van der Waals surface area contributed by atoms with Crippen LogP contribution in [-0.4, -0.2) is 11.4 Å². The van der Waals surface area contributed by atoms with Crippen LogP contribution in [-0.2, 0) is 19.5 Å². The van der Waals surface area contributed by atoms with E-state index >= 15 is 0 Å². The first kappa shape index (κ1) is 13.7. The molecule has 0 atom stereocenters. The predicted octanol–water partition coefficient (Wildman–Crippen LogP) is 4.29. The average molecular weight is 338 g/mol. The lowest BCUT2D eigenvalue weighted by atomic mass is 9.99. The van der Waals surface area contributed by atoms with E-state index in [1.54, 1.807) is 0 Å². The van der Waals surface area contributed by atoms with E-state index in [0.29, 0.717) is 11.0 Å². The molecule has 0 aliphatic carbocycles. The summed E-state index contributed by atoms with van der Waals surface area (Å²) in [6, 6.07) is 10.9. The molecule has 1 aliphatic heterocycles. The molecule has 2 aromatic rings. The summed E-state index contributed by atoms with van der Waals surface area (Å²) in [6.45, 7) is 1.86.